The Kier molecular flexibility index (Phi) is 5.34. The van der Waals surface area contributed by atoms with Crippen LogP contribution in [0.5, 0.6) is 0 Å². The predicted octanol–water partition coefficient (Wildman–Crippen LogP) is 2.37. The molecular formula is C11H14BrFN2O2. The summed E-state index contributed by atoms with van der Waals surface area (Å²) in [6.45, 7) is 0.542. The van der Waals surface area contributed by atoms with Crippen molar-refractivity contribution in [1.82, 2.24) is 4.98 Å². The average molecular weight is 305 g/mol. The van der Waals surface area contributed by atoms with Crippen molar-refractivity contribution in [3.63, 3.8) is 0 Å². The molecule has 0 aliphatic carbocycles. The van der Waals surface area contributed by atoms with Gasteiger partial charge in [-0.1, -0.05) is 0 Å². The minimum Gasteiger partial charge on any atom is -0.469 e. The molecule has 0 atom stereocenters. The van der Waals surface area contributed by atoms with E-state index < -0.39 is 0 Å². The third-order valence-electron chi connectivity index (χ3n) is 2.25. The van der Waals surface area contributed by atoms with Gasteiger partial charge in [-0.3, -0.25) is 4.79 Å². The average Bonchev–Trinajstić information content (AvgIpc) is 2.28. The zero-order chi connectivity index (χ0) is 12.8. The van der Waals surface area contributed by atoms with Gasteiger partial charge in [0.1, 0.15) is 0 Å². The zero-order valence-electron chi connectivity index (χ0n) is 9.74. The first-order chi connectivity index (χ1) is 8.04. The van der Waals surface area contributed by atoms with Crippen LogP contribution >= 0.6 is 15.9 Å². The summed E-state index contributed by atoms with van der Waals surface area (Å²) < 4.78 is 18.6. The summed E-state index contributed by atoms with van der Waals surface area (Å²) >= 11 is 3.14. The molecule has 0 aliphatic rings. The Hall–Kier alpha value is -1.17. The number of anilines is 1. The van der Waals surface area contributed by atoms with Gasteiger partial charge in [0.2, 0.25) is 0 Å². The predicted molar refractivity (Wildman–Crippen MR) is 66.4 cm³/mol. The number of nitrogens with zero attached hydrogens (tertiary/aromatic N) is 2. The lowest BCUT2D eigenvalue weighted by molar-refractivity contribution is -0.140. The van der Waals surface area contributed by atoms with Crippen LogP contribution < -0.4 is 4.90 Å². The number of aromatic nitrogens is 1. The number of hydrogen-bond acceptors (Lipinski definition) is 4. The highest BCUT2D eigenvalue weighted by molar-refractivity contribution is 9.10. The fourth-order valence-corrected chi connectivity index (χ4v) is 1.66. The SMILES string of the molecule is COC(=O)CCCN(C)c1ncc(Br)cc1F. The van der Waals surface area contributed by atoms with Crippen molar-refractivity contribution in [2.45, 2.75) is 12.8 Å². The highest BCUT2D eigenvalue weighted by atomic mass is 79.9. The molecule has 94 valence electrons. The summed E-state index contributed by atoms with van der Waals surface area (Å²) in [4.78, 5) is 16.6. The molecule has 0 bridgehead atoms. The van der Waals surface area contributed by atoms with Crippen LogP contribution in [0, 0.1) is 5.82 Å². The van der Waals surface area contributed by atoms with Gasteiger partial charge in [-0.15, -0.1) is 0 Å². The van der Waals surface area contributed by atoms with Crippen molar-refractivity contribution in [3.8, 4) is 0 Å². The van der Waals surface area contributed by atoms with E-state index in [0.717, 1.165) is 0 Å². The van der Waals surface area contributed by atoms with Crippen LogP contribution in [-0.2, 0) is 9.53 Å². The van der Waals surface area contributed by atoms with Crippen LogP contribution in [0.3, 0.4) is 0 Å². The molecule has 1 heterocycles. The van der Waals surface area contributed by atoms with E-state index >= 15 is 0 Å². The Morgan fingerprint density at radius 1 is 1.65 bits per heavy atom. The summed E-state index contributed by atoms with van der Waals surface area (Å²) in [5.41, 5.74) is 0. The van der Waals surface area contributed by atoms with Crippen molar-refractivity contribution in [2.24, 2.45) is 0 Å². The van der Waals surface area contributed by atoms with Crippen molar-refractivity contribution in [2.75, 3.05) is 25.6 Å². The maximum absolute atomic E-state index is 13.5. The molecule has 17 heavy (non-hydrogen) atoms. The quantitative estimate of drug-likeness (QED) is 0.783. The summed E-state index contributed by atoms with van der Waals surface area (Å²) in [6, 6.07) is 1.36. The molecule has 0 unspecified atom stereocenters. The summed E-state index contributed by atoms with van der Waals surface area (Å²) in [5.74, 6) is -0.374. The first kappa shape index (κ1) is 13.9. The van der Waals surface area contributed by atoms with Gasteiger partial charge in [0.05, 0.1) is 7.11 Å². The lowest BCUT2D eigenvalue weighted by Gasteiger charge is -2.18. The fraction of sp³-hybridized carbons (Fsp3) is 0.455. The van der Waals surface area contributed by atoms with Crippen LogP contribution in [0.1, 0.15) is 12.8 Å². The second kappa shape index (κ2) is 6.54. The van der Waals surface area contributed by atoms with E-state index in [1.165, 1.54) is 19.4 Å². The molecule has 0 N–H and O–H groups in total. The van der Waals surface area contributed by atoms with E-state index in [2.05, 4.69) is 25.7 Å². The van der Waals surface area contributed by atoms with E-state index in [9.17, 15) is 9.18 Å². The van der Waals surface area contributed by atoms with Crippen LogP contribution in [0.15, 0.2) is 16.7 Å². The van der Waals surface area contributed by atoms with Gasteiger partial charge in [0.25, 0.3) is 0 Å². The third-order valence-corrected chi connectivity index (χ3v) is 2.69. The lowest BCUT2D eigenvalue weighted by atomic mass is 10.3. The summed E-state index contributed by atoms with van der Waals surface area (Å²) in [7, 11) is 3.08. The number of carbonyl (C=O) groups excluding carboxylic acids is 1. The molecule has 0 fully saturated rings. The number of methoxy groups -OCH3 is 1. The molecule has 0 saturated carbocycles. The molecule has 4 nitrogen and oxygen atoms in total. The molecule has 0 amide bonds. The Balaban J connectivity index is 2.52. The van der Waals surface area contributed by atoms with Gasteiger partial charge in [-0.05, 0) is 28.4 Å². The van der Waals surface area contributed by atoms with Gasteiger partial charge in [0.15, 0.2) is 11.6 Å². The second-order valence-electron chi connectivity index (χ2n) is 3.56. The first-order valence-electron chi connectivity index (χ1n) is 5.13. The van der Waals surface area contributed by atoms with Crippen molar-refractivity contribution >= 4 is 27.7 Å². The fourth-order valence-electron chi connectivity index (χ4n) is 1.36. The van der Waals surface area contributed by atoms with Crippen LogP contribution in [-0.4, -0.2) is 31.7 Å². The smallest absolute Gasteiger partial charge is 0.305 e. The maximum Gasteiger partial charge on any atom is 0.305 e. The van der Waals surface area contributed by atoms with E-state index in [1.54, 1.807) is 11.9 Å². The Morgan fingerprint density at radius 3 is 2.94 bits per heavy atom. The topological polar surface area (TPSA) is 42.4 Å². The number of pyridine rings is 1. The standard InChI is InChI=1S/C11H14BrFN2O2/c1-15(5-3-4-10(16)17-2)11-9(13)6-8(12)7-14-11/h6-7H,3-5H2,1-2H3. The zero-order valence-corrected chi connectivity index (χ0v) is 11.3. The number of ether oxygens (including phenoxy) is 1. The molecule has 1 aromatic heterocycles. The molecular weight excluding hydrogens is 291 g/mol. The number of esters is 1. The summed E-state index contributed by atoms with van der Waals surface area (Å²) in [6.07, 6.45) is 2.45. The van der Waals surface area contributed by atoms with Crippen LogP contribution in [0.4, 0.5) is 10.2 Å². The number of hydrogen-bond donors (Lipinski definition) is 0. The van der Waals surface area contributed by atoms with Crippen LogP contribution in [0.25, 0.3) is 0 Å². The van der Waals surface area contributed by atoms with Gasteiger partial charge in [-0.25, -0.2) is 9.37 Å². The molecule has 0 aromatic carbocycles. The Bertz CT molecular complexity index is 401. The third kappa shape index (κ3) is 4.30. The van der Waals surface area contributed by atoms with E-state index in [-0.39, 0.29) is 17.6 Å². The van der Waals surface area contributed by atoms with Crippen molar-refractivity contribution in [1.29, 1.82) is 0 Å². The second-order valence-corrected chi connectivity index (χ2v) is 4.48. The van der Waals surface area contributed by atoms with E-state index in [1.807, 2.05) is 0 Å². The molecule has 0 radical (unpaired) electrons. The minimum atomic E-state index is -0.389. The lowest BCUT2D eigenvalue weighted by Crippen LogP contribution is -2.21. The monoisotopic (exact) mass is 304 g/mol. The molecule has 0 aliphatic heterocycles. The largest absolute Gasteiger partial charge is 0.469 e. The Morgan fingerprint density at radius 2 is 2.35 bits per heavy atom. The minimum absolute atomic E-state index is 0.261. The molecule has 1 rings (SSSR count). The van der Waals surface area contributed by atoms with Crippen molar-refractivity contribution < 1.29 is 13.9 Å². The highest BCUT2D eigenvalue weighted by Crippen LogP contribution is 2.19. The van der Waals surface area contributed by atoms with Crippen molar-refractivity contribution in [3.05, 3.63) is 22.6 Å². The van der Waals surface area contributed by atoms with Gasteiger partial charge >= 0.3 is 5.97 Å². The molecule has 6 heteroatoms. The Labute approximate surface area is 108 Å². The highest BCUT2D eigenvalue weighted by Gasteiger charge is 2.10. The number of halogens is 2. The summed E-state index contributed by atoms with van der Waals surface area (Å²) in [5, 5.41) is 0. The number of carbonyl (C=O) groups is 1. The maximum atomic E-state index is 13.5. The normalized spacial score (nSPS) is 10.1. The number of rotatable bonds is 5. The van der Waals surface area contributed by atoms with Gasteiger partial charge < -0.3 is 9.64 Å². The van der Waals surface area contributed by atoms with E-state index in [4.69, 9.17) is 0 Å². The first-order valence-corrected chi connectivity index (χ1v) is 5.93. The van der Waals surface area contributed by atoms with Gasteiger partial charge in [0, 0.05) is 30.7 Å². The van der Waals surface area contributed by atoms with E-state index in [0.29, 0.717) is 23.9 Å². The van der Waals surface area contributed by atoms with Crippen LogP contribution in [0.2, 0.25) is 0 Å². The van der Waals surface area contributed by atoms with Gasteiger partial charge in [-0.2, -0.15) is 0 Å². The molecule has 0 spiro atoms. The molecule has 1 aromatic rings. The molecule has 0 saturated heterocycles.